The van der Waals surface area contributed by atoms with Crippen molar-refractivity contribution < 1.29 is 9.47 Å². The van der Waals surface area contributed by atoms with E-state index in [0.29, 0.717) is 0 Å². The second kappa shape index (κ2) is 17.8. The maximum atomic E-state index is 5.95. The van der Waals surface area contributed by atoms with Gasteiger partial charge in [0.1, 0.15) is 11.5 Å². The van der Waals surface area contributed by atoms with Crippen molar-refractivity contribution in [3.05, 3.63) is 66.4 Å². The molecule has 0 bridgehead atoms. The fourth-order valence-corrected chi connectivity index (χ4v) is 3.73. The second-order valence-corrected chi connectivity index (χ2v) is 7.84. The van der Waals surface area contributed by atoms with Crippen molar-refractivity contribution in [1.82, 2.24) is 10.2 Å². The van der Waals surface area contributed by atoms with Crippen LogP contribution in [0.1, 0.15) is 53.0 Å². The summed E-state index contributed by atoms with van der Waals surface area (Å²) in [4.78, 5) is 4.98. The Morgan fingerprint density at radius 1 is 0.941 bits per heavy atom. The minimum absolute atomic E-state index is 0.762. The molecular formula is C29H47N3O2. The van der Waals surface area contributed by atoms with Crippen molar-refractivity contribution in [2.24, 2.45) is 0 Å². The third-order valence-corrected chi connectivity index (χ3v) is 5.43. The van der Waals surface area contributed by atoms with Gasteiger partial charge in [-0.15, -0.1) is 0 Å². The van der Waals surface area contributed by atoms with Gasteiger partial charge in [0.15, 0.2) is 0 Å². The Kier molecular flexibility index (Phi) is 15.3. The number of benzene rings is 2. The van der Waals surface area contributed by atoms with Crippen LogP contribution in [0.2, 0.25) is 0 Å². The molecule has 0 amide bonds. The fraction of sp³-hybridized carbons (Fsp3) is 0.517. The summed E-state index contributed by atoms with van der Waals surface area (Å²) in [7, 11) is 1.74. The third kappa shape index (κ3) is 10.5. The number of rotatable bonds is 11. The zero-order chi connectivity index (χ0) is 25.2. The van der Waals surface area contributed by atoms with Crippen LogP contribution in [0.3, 0.4) is 0 Å². The zero-order valence-electron chi connectivity index (χ0n) is 22.4. The van der Waals surface area contributed by atoms with Gasteiger partial charge in [0.05, 0.1) is 19.4 Å². The highest BCUT2D eigenvalue weighted by molar-refractivity contribution is 5.58. The predicted molar refractivity (Wildman–Crippen MR) is 147 cm³/mol. The molecule has 0 spiro atoms. The Labute approximate surface area is 208 Å². The van der Waals surface area contributed by atoms with Crippen LogP contribution >= 0.6 is 0 Å². The highest BCUT2D eigenvalue weighted by atomic mass is 16.5. The topological polar surface area (TPSA) is 37.0 Å². The lowest BCUT2D eigenvalue weighted by molar-refractivity contribution is 0.238. The summed E-state index contributed by atoms with van der Waals surface area (Å²) in [5.41, 5.74) is 3.39. The molecule has 0 radical (unpaired) electrons. The maximum absolute atomic E-state index is 5.95. The number of unbranched alkanes of at least 4 members (excludes halogenated alkanes) is 1. The molecule has 1 aliphatic rings. The molecule has 5 nitrogen and oxygen atoms in total. The fourth-order valence-electron chi connectivity index (χ4n) is 3.73. The number of piperazine rings is 1. The van der Waals surface area contributed by atoms with E-state index in [1.165, 1.54) is 11.3 Å². The molecule has 1 N–H and O–H groups in total. The highest BCUT2D eigenvalue weighted by Crippen LogP contribution is 2.28. The number of hydrogen-bond acceptors (Lipinski definition) is 5. The van der Waals surface area contributed by atoms with E-state index in [2.05, 4.69) is 46.0 Å². The molecule has 34 heavy (non-hydrogen) atoms. The van der Waals surface area contributed by atoms with Crippen LogP contribution < -0.4 is 19.7 Å². The van der Waals surface area contributed by atoms with Crippen LogP contribution in [0.5, 0.6) is 11.5 Å². The Morgan fingerprint density at radius 2 is 1.65 bits per heavy atom. The van der Waals surface area contributed by atoms with Gasteiger partial charge >= 0.3 is 0 Å². The molecule has 1 aliphatic heterocycles. The van der Waals surface area contributed by atoms with Crippen molar-refractivity contribution in [2.75, 3.05) is 51.3 Å². The first kappa shape index (κ1) is 29.4. The van der Waals surface area contributed by atoms with E-state index >= 15 is 0 Å². The van der Waals surface area contributed by atoms with Crippen molar-refractivity contribution in [1.29, 1.82) is 0 Å². The lowest BCUT2D eigenvalue weighted by Crippen LogP contribution is -2.46. The minimum Gasteiger partial charge on any atom is -0.495 e. The number of anilines is 1. The number of ether oxygens (including phenoxy) is 2. The van der Waals surface area contributed by atoms with E-state index in [4.69, 9.17) is 9.47 Å². The van der Waals surface area contributed by atoms with Crippen LogP contribution in [0.4, 0.5) is 5.69 Å². The van der Waals surface area contributed by atoms with Crippen LogP contribution in [-0.4, -0.2) is 51.3 Å². The van der Waals surface area contributed by atoms with Gasteiger partial charge in [-0.25, -0.2) is 0 Å². The van der Waals surface area contributed by atoms with E-state index in [1.807, 2.05) is 58.9 Å². The quantitative estimate of drug-likeness (QED) is 0.388. The van der Waals surface area contributed by atoms with Crippen molar-refractivity contribution in [3.8, 4) is 11.5 Å². The number of nitrogens with one attached hydrogen (secondary N) is 1. The zero-order valence-corrected chi connectivity index (χ0v) is 22.4. The van der Waals surface area contributed by atoms with Crippen molar-refractivity contribution in [3.63, 3.8) is 0 Å². The summed E-state index contributed by atoms with van der Waals surface area (Å²) in [5, 5.41) is 3.26. The number of hydrogen-bond donors (Lipinski definition) is 1. The van der Waals surface area contributed by atoms with Crippen LogP contribution in [-0.2, 0) is 6.54 Å². The lowest BCUT2D eigenvalue weighted by atomic mass is 10.2. The van der Waals surface area contributed by atoms with Gasteiger partial charge in [0, 0.05) is 38.4 Å². The molecule has 0 aromatic heterocycles. The molecular weight excluding hydrogens is 422 g/mol. The van der Waals surface area contributed by atoms with Gasteiger partial charge in [0.2, 0.25) is 0 Å². The first-order valence-electron chi connectivity index (χ1n) is 12.9. The largest absolute Gasteiger partial charge is 0.495 e. The van der Waals surface area contributed by atoms with E-state index in [-0.39, 0.29) is 0 Å². The summed E-state index contributed by atoms with van der Waals surface area (Å²) in [5.74, 6) is 1.91. The highest BCUT2D eigenvalue weighted by Gasteiger charge is 2.19. The van der Waals surface area contributed by atoms with Gasteiger partial charge in [0.25, 0.3) is 0 Å². The Hall–Kier alpha value is -2.66. The van der Waals surface area contributed by atoms with E-state index in [9.17, 15) is 0 Å². The first-order valence-corrected chi connectivity index (χ1v) is 12.9. The molecule has 2 aromatic rings. The summed E-state index contributed by atoms with van der Waals surface area (Å²) in [6.07, 6.45) is 2.23. The van der Waals surface area contributed by atoms with Crippen LogP contribution in [0.25, 0.3) is 0 Å². The summed E-state index contributed by atoms with van der Waals surface area (Å²) in [6, 6.07) is 16.6. The van der Waals surface area contributed by atoms with Gasteiger partial charge < -0.3 is 19.7 Å². The Bertz CT molecular complexity index is 801. The number of allylic oxidation sites excluding steroid dienone is 1. The summed E-state index contributed by atoms with van der Waals surface area (Å²) >= 11 is 0. The predicted octanol–water partition coefficient (Wildman–Crippen LogP) is 6.35. The maximum Gasteiger partial charge on any atom is 0.142 e. The molecule has 3 rings (SSSR count). The number of nitrogens with zero attached hydrogens (tertiary/aromatic N) is 2. The van der Waals surface area contributed by atoms with E-state index in [0.717, 1.165) is 75.9 Å². The molecule has 0 atom stereocenters. The normalized spacial score (nSPS) is 13.1. The van der Waals surface area contributed by atoms with Crippen molar-refractivity contribution >= 4 is 5.69 Å². The summed E-state index contributed by atoms with van der Waals surface area (Å²) < 4.78 is 11.5. The Morgan fingerprint density at radius 3 is 2.32 bits per heavy atom. The average Bonchev–Trinajstić information content (AvgIpc) is 2.90. The molecule has 1 fully saturated rings. The SMILES string of the molecule is C=C(C)NCc1cccc(OCCCCN2CCN(c3ccccc3OC)CC2)c1.CC.CC. The number of methoxy groups -OCH3 is 1. The molecule has 1 heterocycles. The standard InChI is InChI=1S/C25H35N3O2.2C2H6/c1-21(2)26-20-22-9-8-10-23(19-22)30-18-7-6-13-27-14-16-28(17-15-27)24-11-4-5-12-25(24)29-3;2*1-2/h4-5,8-12,19,26H,1,6-7,13-18,20H2,2-3H3;2*1-2H3. The first-order chi connectivity index (χ1) is 16.7. The van der Waals surface area contributed by atoms with Crippen molar-refractivity contribution in [2.45, 2.75) is 54.0 Å². The molecule has 0 unspecified atom stereocenters. The molecule has 2 aromatic carbocycles. The minimum atomic E-state index is 0.762. The molecule has 190 valence electrons. The molecule has 0 saturated carbocycles. The molecule has 5 heteroatoms. The average molecular weight is 470 g/mol. The Balaban J connectivity index is 0.00000137. The van der Waals surface area contributed by atoms with Gasteiger partial charge in [-0.3, -0.25) is 4.90 Å². The molecule has 1 saturated heterocycles. The second-order valence-electron chi connectivity index (χ2n) is 7.84. The summed E-state index contributed by atoms with van der Waals surface area (Å²) in [6.45, 7) is 20.8. The monoisotopic (exact) mass is 469 g/mol. The smallest absolute Gasteiger partial charge is 0.142 e. The van der Waals surface area contributed by atoms with E-state index < -0.39 is 0 Å². The number of para-hydroxylation sites is 2. The van der Waals surface area contributed by atoms with Gasteiger partial charge in [-0.2, -0.15) is 0 Å². The van der Waals surface area contributed by atoms with Gasteiger partial charge in [-0.1, -0.05) is 58.5 Å². The van der Waals surface area contributed by atoms with Gasteiger partial charge in [-0.05, 0) is 56.1 Å². The van der Waals surface area contributed by atoms with Crippen LogP contribution in [0.15, 0.2) is 60.8 Å². The third-order valence-electron chi connectivity index (χ3n) is 5.43. The van der Waals surface area contributed by atoms with Crippen LogP contribution in [0, 0.1) is 0 Å². The molecule has 0 aliphatic carbocycles. The van der Waals surface area contributed by atoms with E-state index in [1.54, 1.807) is 7.11 Å². The lowest BCUT2D eigenvalue weighted by Gasteiger charge is -2.36.